The van der Waals surface area contributed by atoms with Crippen molar-refractivity contribution in [2.75, 3.05) is 7.11 Å². The number of ether oxygens (including phenoxy) is 1. The lowest BCUT2D eigenvalue weighted by atomic mass is 9.78. The van der Waals surface area contributed by atoms with Crippen molar-refractivity contribution in [2.24, 2.45) is 0 Å². The van der Waals surface area contributed by atoms with Crippen molar-refractivity contribution in [3.63, 3.8) is 0 Å². The molecule has 1 aliphatic carbocycles. The molecule has 0 aliphatic heterocycles. The molecule has 0 amide bonds. The van der Waals surface area contributed by atoms with Crippen LogP contribution in [-0.2, 0) is 11.2 Å². The predicted molar refractivity (Wildman–Crippen MR) is 79.0 cm³/mol. The Kier molecular flexibility index (Phi) is 5.13. The van der Waals surface area contributed by atoms with Crippen molar-refractivity contribution in [1.29, 1.82) is 0 Å². The SMILES string of the molecule is COC1(C(O)Cc2cccc(Cl)c2Cl)CCCCC1. The van der Waals surface area contributed by atoms with Gasteiger partial charge in [-0.2, -0.15) is 0 Å². The van der Waals surface area contributed by atoms with Crippen molar-refractivity contribution in [3.05, 3.63) is 33.8 Å². The number of aliphatic hydroxyl groups excluding tert-OH is 1. The molecule has 19 heavy (non-hydrogen) atoms. The lowest BCUT2D eigenvalue weighted by molar-refractivity contribution is -0.122. The van der Waals surface area contributed by atoms with E-state index in [4.69, 9.17) is 27.9 Å². The van der Waals surface area contributed by atoms with Crippen LogP contribution in [0, 0.1) is 0 Å². The summed E-state index contributed by atoms with van der Waals surface area (Å²) in [7, 11) is 1.69. The zero-order valence-electron chi connectivity index (χ0n) is 11.2. The minimum absolute atomic E-state index is 0.427. The van der Waals surface area contributed by atoms with Gasteiger partial charge >= 0.3 is 0 Å². The van der Waals surface area contributed by atoms with E-state index >= 15 is 0 Å². The van der Waals surface area contributed by atoms with Crippen molar-refractivity contribution >= 4 is 23.2 Å². The van der Waals surface area contributed by atoms with E-state index in [9.17, 15) is 5.11 Å². The number of hydrogen-bond acceptors (Lipinski definition) is 2. The first kappa shape index (κ1) is 15.1. The molecule has 1 saturated carbocycles. The van der Waals surface area contributed by atoms with Crippen LogP contribution in [0.1, 0.15) is 37.7 Å². The van der Waals surface area contributed by atoms with Crippen LogP contribution >= 0.6 is 23.2 Å². The predicted octanol–water partition coefficient (Wildman–Crippen LogP) is 4.25. The molecule has 0 bridgehead atoms. The summed E-state index contributed by atoms with van der Waals surface area (Å²) in [4.78, 5) is 0. The summed E-state index contributed by atoms with van der Waals surface area (Å²) in [5.41, 5.74) is 0.452. The number of methoxy groups -OCH3 is 1. The molecule has 1 N–H and O–H groups in total. The normalized spacial score (nSPS) is 20.2. The van der Waals surface area contributed by atoms with Gasteiger partial charge in [0.15, 0.2) is 0 Å². The Balaban J connectivity index is 2.15. The van der Waals surface area contributed by atoms with E-state index in [1.54, 1.807) is 13.2 Å². The summed E-state index contributed by atoms with van der Waals surface area (Å²) in [6.45, 7) is 0. The highest BCUT2D eigenvalue weighted by molar-refractivity contribution is 6.42. The third kappa shape index (κ3) is 3.25. The average Bonchev–Trinajstić information content (AvgIpc) is 2.44. The first-order valence-electron chi connectivity index (χ1n) is 6.75. The molecule has 1 aromatic rings. The Labute approximate surface area is 124 Å². The van der Waals surface area contributed by atoms with Crippen LogP contribution in [0.5, 0.6) is 0 Å². The smallest absolute Gasteiger partial charge is 0.0939 e. The molecule has 106 valence electrons. The quantitative estimate of drug-likeness (QED) is 0.901. The molecular formula is C15H20Cl2O2. The van der Waals surface area contributed by atoms with E-state index in [2.05, 4.69) is 0 Å². The van der Waals surface area contributed by atoms with Crippen molar-refractivity contribution in [2.45, 2.75) is 50.2 Å². The summed E-state index contributed by atoms with van der Waals surface area (Å²) in [5, 5.41) is 11.6. The van der Waals surface area contributed by atoms with E-state index in [1.165, 1.54) is 6.42 Å². The van der Waals surface area contributed by atoms with Crippen LogP contribution in [0.2, 0.25) is 10.0 Å². The molecule has 0 saturated heterocycles. The Morgan fingerprint density at radius 1 is 1.26 bits per heavy atom. The number of aliphatic hydroxyl groups is 1. The summed E-state index contributed by atoms with van der Waals surface area (Å²) in [6.07, 6.45) is 5.17. The highest BCUT2D eigenvalue weighted by atomic mass is 35.5. The summed E-state index contributed by atoms with van der Waals surface area (Å²) >= 11 is 12.2. The second kappa shape index (κ2) is 6.45. The number of hydrogen-bond donors (Lipinski definition) is 1. The molecule has 2 nitrogen and oxygen atoms in total. The van der Waals surface area contributed by atoms with Crippen LogP contribution in [0.4, 0.5) is 0 Å². The number of rotatable bonds is 4. The van der Waals surface area contributed by atoms with Gasteiger partial charge in [0.05, 0.1) is 21.8 Å². The average molecular weight is 303 g/mol. The van der Waals surface area contributed by atoms with Crippen LogP contribution in [-0.4, -0.2) is 23.9 Å². The first-order chi connectivity index (χ1) is 9.09. The van der Waals surface area contributed by atoms with Gasteiger partial charge in [-0.3, -0.25) is 0 Å². The van der Waals surface area contributed by atoms with Gasteiger partial charge in [-0.1, -0.05) is 54.6 Å². The van der Waals surface area contributed by atoms with E-state index in [0.717, 1.165) is 31.2 Å². The highest BCUT2D eigenvalue weighted by Gasteiger charge is 2.39. The molecule has 2 rings (SSSR count). The minimum atomic E-state index is -0.547. The van der Waals surface area contributed by atoms with E-state index in [-0.39, 0.29) is 0 Å². The van der Waals surface area contributed by atoms with Gasteiger partial charge in [0, 0.05) is 13.5 Å². The third-order valence-corrected chi connectivity index (χ3v) is 5.02. The van der Waals surface area contributed by atoms with Crippen LogP contribution in [0.25, 0.3) is 0 Å². The number of halogens is 2. The first-order valence-corrected chi connectivity index (χ1v) is 7.51. The van der Waals surface area contributed by atoms with Crippen LogP contribution < -0.4 is 0 Å². The Hall–Kier alpha value is -0.280. The lowest BCUT2D eigenvalue weighted by Gasteiger charge is -2.40. The van der Waals surface area contributed by atoms with Gasteiger partial charge in [0.25, 0.3) is 0 Å². The highest BCUT2D eigenvalue weighted by Crippen LogP contribution is 2.36. The fraction of sp³-hybridized carbons (Fsp3) is 0.600. The second-order valence-corrected chi connectivity index (χ2v) is 6.05. The monoisotopic (exact) mass is 302 g/mol. The second-order valence-electron chi connectivity index (χ2n) is 5.26. The lowest BCUT2D eigenvalue weighted by Crippen LogP contribution is -2.46. The molecule has 0 aromatic heterocycles. The van der Waals surface area contributed by atoms with Gasteiger partial charge in [0.1, 0.15) is 0 Å². The Morgan fingerprint density at radius 2 is 1.95 bits per heavy atom. The standard InChI is InChI=1S/C15H20Cl2O2/c1-19-15(8-3-2-4-9-15)13(18)10-11-6-5-7-12(16)14(11)17/h5-7,13,18H,2-4,8-10H2,1H3. The van der Waals surface area contributed by atoms with Gasteiger partial charge in [-0.05, 0) is 24.5 Å². The zero-order valence-corrected chi connectivity index (χ0v) is 12.7. The molecule has 4 heteroatoms. The topological polar surface area (TPSA) is 29.5 Å². The largest absolute Gasteiger partial charge is 0.390 e. The fourth-order valence-electron chi connectivity index (χ4n) is 2.92. The van der Waals surface area contributed by atoms with Gasteiger partial charge in [-0.25, -0.2) is 0 Å². The molecule has 1 atom stereocenters. The molecule has 1 unspecified atom stereocenters. The maximum atomic E-state index is 10.6. The number of benzene rings is 1. The van der Waals surface area contributed by atoms with Gasteiger partial charge < -0.3 is 9.84 Å². The molecule has 0 spiro atoms. The Morgan fingerprint density at radius 3 is 2.58 bits per heavy atom. The van der Waals surface area contributed by atoms with Crippen LogP contribution in [0.3, 0.4) is 0 Å². The third-order valence-electron chi connectivity index (χ3n) is 4.16. The van der Waals surface area contributed by atoms with Gasteiger partial charge in [-0.15, -0.1) is 0 Å². The minimum Gasteiger partial charge on any atom is -0.390 e. The van der Waals surface area contributed by atoms with E-state index < -0.39 is 11.7 Å². The van der Waals surface area contributed by atoms with Crippen LogP contribution in [0.15, 0.2) is 18.2 Å². The molecule has 0 radical (unpaired) electrons. The van der Waals surface area contributed by atoms with Gasteiger partial charge in [0.2, 0.25) is 0 Å². The van der Waals surface area contributed by atoms with E-state index in [0.29, 0.717) is 16.5 Å². The molecule has 1 aromatic carbocycles. The van der Waals surface area contributed by atoms with E-state index in [1.807, 2.05) is 12.1 Å². The maximum absolute atomic E-state index is 10.6. The zero-order chi connectivity index (χ0) is 13.9. The maximum Gasteiger partial charge on any atom is 0.0939 e. The summed E-state index contributed by atoms with van der Waals surface area (Å²) in [6, 6.07) is 5.52. The molecule has 1 aliphatic rings. The Bertz CT molecular complexity index is 428. The molecular weight excluding hydrogens is 283 g/mol. The summed E-state index contributed by atoms with van der Waals surface area (Å²) in [5.74, 6) is 0. The summed E-state index contributed by atoms with van der Waals surface area (Å²) < 4.78 is 5.66. The molecule has 1 fully saturated rings. The molecule has 0 heterocycles. The van der Waals surface area contributed by atoms with Crippen molar-refractivity contribution in [3.8, 4) is 0 Å². The fourth-order valence-corrected chi connectivity index (χ4v) is 3.32. The van der Waals surface area contributed by atoms with Crippen molar-refractivity contribution < 1.29 is 9.84 Å². The van der Waals surface area contributed by atoms with Crippen molar-refractivity contribution in [1.82, 2.24) is 0 Å².